The predicted octanol–water partition coefficient (Wildman–Crippen LogP) is 4.62. The van der Waals surface area contributed by atoms with Crippen LogP contribution in [0, 0.1) is 6.92 Å². The smallest absolute Gasteiger partial charge is 0.336 e. The molecule has 0 fully saturated rings. The van der Waals surface area contributed by atoms with E-state index in [9.17, 15) is 28.2 Å². The van der Waals surface area contributed by atoms with Gasteiger partial charge in [-0.3, -0.25) is 0 Å². The SMILES string of the molecule is Cc1cc(-c2cc(C[SH](=O)=O)ccc2Oc2ccccc2Cl)c(C(=O)O)cc1C(=O)O. The van der Waals surface area contributed by atoms with Crippen LogP contribution < -0.4 is 4.74 Å². The van der Waals surface area contributed by atoms with Crippen LogP contribution in [0.1, 0.15) is 31.8 Å². The van der Waals surface area contributed by atoms with E-state index in [1.165, 1.54) is 18.2 Å². The fraction of sp³-hybridized carbons (Fsp3) is 0.0909. The molecule has 0 aromatic heterocycles. The van der Waals surface area contributed by atoms with Crippen molar-refractivity contribution >= 4 is 34.2 Å². The third-order valence-corrected chi connectivity index (χ3v) is 5.46. The van der Waals surface area contributed by atoms with Crippen LogP contribution in [0.25, 0.3) is 11.1 Å². The minimum Gasteiger partial charge on any atom is -0.478 e. The van der Waals surface area contributed by atoms with Crippen LogP contribution in [-0.2, 0) is 16.5 Å². The van der Waals surface area contributed by atoms with E-state index in [4.69, 9.17) is 16.3 Å². The molecule has 3 aromatic rings. The van der Waals surface area contributed by atoms with Crippen molar-refractivity contribution in [3.63, 3.8) is 0 Å². The van der Waals surface area contributed by atoms with E-state index in [-0.39, 0.29) is 28.2 Å². The van der Waals surface area contributed by atoms with Crippen molar-refractivity contribution in [2.45, 2.75) is 12.7 Å². The van der Waals surface area contributed by atoms with Crippen molar-refractivity contribution in [2.24, 2.45) is 0 Å². The van der Waals surface area contributed by atoms with Crippen molar-refractivity contribution in [1.82, 2.24) is 0 Å². The van der Waals surface area contributed by atoms with Gasteiger partial charge in [0.15, 0.2) is 0 Å². The Morgan fingerprint density at radius 2 is 1.58 bits per heavy atom. The summed E-state index contributed by atoms with van der Waals surface area (Å²) in [6.45, 7) is 1.55. The minimum atomic E-state index is -2.72. The van der Waals surface area contributed by atoms with Gasteiger partial charge in [0.25, 0.3) is 0 Å². The highest BCUT2D eigenvalue weighted by Crippen LogP contribution is 2.39. The lowest BCUT2D eigenvalue weighted by atomic mass is 9.92. The first-order valence-corrected chi connectivity index (χ1v) is 10.7. The molecule has 0 spiro atoms. The maximum Gasteiger partial charge on any atom is 0.336 e. The number of aryl methyl sites for hydroxylation is 1. The Bertz CT molecular complexity index is 1260. The zero-order chi connectivity index (χ0) is 22.7. The number of aromatic carboxylic acids is 2. The number of hydrogen-bond acceptors (Lipinski definition) is 5. The quantitative estimate of drug-likeness (QED) is 0.440. The standard InChI is InChI=1S/C22H17ClO7S/c1-12-8-15(17(22(26)27)10-14(12)21(24)25)16-9-13(11-31(28)29)6-7-19(16)30-20-5-3-2-4-18(20)23/h2-10,31H,11H2,1H3,(H,24,25)(H,26,27). The third kappa shape index (κ3) is 5.04. The molecule has 0 radical (unpaired) electrons. The Morgan fingerprint density at radius 1 is 0.903 bits per heavy atom. The topological polar surface area (TPSA) is 118 Å². The van der Waals surface area contributed by atoms with Gasteiger partial charge in [-0.2, -0.15) is 0 Å². The first kappa shape index (κ1) is 22.3. The molecule has 9 heteroatoms. The van der Waals surface area contributed by atoms with Gasteiger partial charge in [0.1, 0.15) is 22.2 Å². The lowest BCUT2D eigenvalue weighted by Gasteiger charge is -2.16. The molecule has 31 heavy (non-hydrogen) atoms. The molecule has 2 N–H and O–H groups in total. The molecule has 0 aliphatic rings. The molecule has 0 aliphatic heterocycles. The molecule has 3 rings (SSSR count). The summed E-state index contributed by atoms with van der Waals surface area (Å²) < 4.78 is 28.3. The van der Waals surface area contributed by atoms with Crippen molar-refractivity contribution in [3.05, 3.63) is 81.9 Å². The average Bonchev–Trinajstić information content (AvgIpc) is 2.69. The number of carbonyl (C=O) groups is 2. The Labute approximate surface area is 184 Å². The van der Waals surface area contributed by atoms with Crippen LogP contribution in [-0.4, -0.2) is 30.6 Å². The van der Waals surface area contributed by atoms with Crippen molar-refractivity contribution < 1.29 is 33.0 Å². The monoisotopic (exact) mass is 460 g/mol. The minimum absolute atomic E-state index is 0.145. The van der Waals surface area contributed by atoms with Crippen LogP contribution >= 0.6 is 11.6 Å². The van der Waals surface area contributed by atoms with Gasteiger partial charge in [0.2, 0.25) is 0 Å². The van der Waals surface area contributed by atoms with Crippen LogP contribution in [0.15, 0.2) is 54.6 Å². The number of halogens is 1. The Balaban J connectivity index is 2.26. The van der Waals surface area contributed by atoms with Gasteiger partial charge >= 0.3 is 11.9 Å². The van der Waals surface area contributed by atoms with E-state index >= 15 is 0 Å². The molecule has 0 saturated heterocycles. The molecule has 7 nitrogen and oxygen atoms in total. The van der Waals surface area contributed by atoms with Crippen LogP contribution in [0.5, 0.6) is 11.5 Å². The summed E-state index contributed by atoms with van der Waals surface area (Å²) in [7, 11) is -2.72. The third-order valence-electron chi connectivity index (χ3n) is 4.53. The van der Waals surface area contributed by atoms with Gasteiger partial charge in [-0.25, -0.2) is 18.0 Å². The largest absolute Gasteiger partial charge is 0.478 e. The number of hydrogen-bond donors (Lipinski definition) is 3. The molecular formula is C22H17ClO7S. The molecular weight excluding hydrogens is 444 g/mol. The van der Waals surface area contributed by atoms with Gasteiger partial charge in [-0.05, 0) is 54.4 Å². The van der Waals surface area contributed by atoms with E-state index < -0.39 is 22.6 Å². The van der Waals surface area contributed by atoms with Crippen molar-refractivity contribution in [3.8, 4) is 22.6 Å². The van der Waals surface area contributed by atoms with Crippen LogP contribution in [0.2, 0.25) is 5.02 Å². The molecule has 0 aliphatic carbocycles. The maximum atomic E-state index is 11.9. The van der Waals surface area contributed by atoms with Gasteiger partial charge in [-0.15, -0.1) is 0 Å². The number of ether oxygens (including phenoxy) is 1. The van der Waals surface area contributed by atoms with Gasteiger partial charge in [-0.1, -0.05) is 29.8 Å². The van der Waals surface area contributed by atoms with Crippen molar-refractivity contribution in [2.75, 3.05) is 0 Å². The summed E-state index contributed by atoms with van der Waals surface area (Å²) in [5.74, 6) is -2.27. The highest BCUT2D eigenvalue weighted by Gasteiger charge is 2.21. The average molecular weight is 461 g/mol. The predicted molar refractivity (Wildman–Crippen MR) is 116 cm³/mol. The molecule has 0 bridgehead atoms. The first-order valence-electron chi connectivity index (χ1n) is 8.96. The van der Waals surface area contributed by atoms with Gasteiger partial charge in [0, 0.05) is 11.1 Å². The first-order chi connectivity index (χ1) is 14.7. The summed E-state index contributed by atoms with van der Waals surface area (Å²) in [4.78, 5) is 23.4. The van der Waals surface area contributed by atoms with E-state index in [1.807, 2.05) is 0 Å². The van der Waals surface area contributed by atoms with E-state index in [0.717, 1.165) is 6.07 Å². The number of para-hydroxylation sites is 1. The number of carboxylic acids is 2. The summed E-state index contributed by atoms with van der Waals surface area (Å²) in [5, 5.41) is 19.4. The number of benzene rings is 3. The van der Waals surface area contributed by atoms with Crippen LogP contribution in [0.3, 0.4) is 0 Å². The molecule has 0 unspecified atom stereocenters. The van der Waals surface area contributed by atoms with E-state index in [0.29, 0.717) is 27.5 Å². The Hall–Kier alpha value is -3.36. The van der Waals surface area contributed by atoms with Gasteiger partial charge < -0.3 is 14.9 Å². The molecule has 160 valence electrons. The number of thiol groups is 1. The van der Waals surface area contributed by atoms with Crippen molar-refractivity contribution in [1.29, 1.82) is 0 Å². The molecule has 0 amide bonds. The normalized spacial score (nSPS) is 10.8. The van der Waals surface area contributed by atoms with E-state index in [1.54, 1.807) is 37.3 Å². The second-order valence-corrected chi connectivity index (χ2v) is 8.07. The molecule has 3 aromatic carbocycles. The summed E-state index contributed by atoms with van der Waals surface area (Å²) in [6.07, 6.45) is 0. The zero-order valence-electron chi connectivity index (χ0n) is 16.2. The van der Waals surface area contributed by atoms with Crippen LogP contribution in [0.4, 0.5) is 0 Å². The molecule has 0 saturated carbocycles. The fourth-order valence-corrected chi connectivity index (χ4v) is 3.78. The summed E-state index contributed by atoms with van der Waals surface area (Å²) in [6, 6.07) is 13.8. The molecule has 0 atom stereocenters. The fourth-order valence-electron chi connectivity index (χ4n) is 3.11. The Morgan fingerprint density at radius 3 is 2.19 bits per heavy atom. The highest BCUT2D eigenvalue weighted by atomic mass is 35.5. The number of rotatable bonds is 7. The van der Waals surface area contributed by atoms with E-state index in [2.05, 4.69) is 0 Å². The Kier molecular flexibility index (Phi) is 6.62. The second-order valence-electron chi connectivity index (χ2n) is 6.68. The maximum absolute atomic E-state index is 11.9. The molecule has 0 heterocycles. The number of carboxylic acid groups (broad SMARTS) is 2. The summed E-state index contributed by atoms with van der Waals surface area (Å²) in [5.41, 5.74) is 0.862. The van der Waals surface area contributed by atoms with Gasteiger partial charge in [0.05, 0.1) is 21.9 Å². The second kappa shape index (κ2) is 9.20. The lowest BCUT2D eigenvalue weighted by molar-refractivity contribution is 0.0695. The lowest BCUT2D eigenvalue weighted by Crippen LogP contribution is -2.07. The zero-order valence-corrected chi connectivity index (χ0v) is 17.8. The summed E-state index contributed by atoms with van der Waals surface area (Å²) >= 11 is 6.17. The highest BCUT2D eigenvalue weighted by molar-refractivity contribution is 7.71.